The number of nitrogens with zero attached hydrogens (tertiary/aromatic N) is 3. The SMILES string of the molecule is Cc1ncccc1-c1cc2cccnc2n1CCCNC(=O)[C@H]1C[C@@H]1C. The first-order valence-corrected chi connectivity index (χ1v) is 9.29. The predicted molar refractivity (Wildman–Crippen MR) is 103 cm³/mol. The Balaban J connectivity index is 1.54. The second-order valence-electron chi connectivity index (χ2n) is 7.20. The molecule has 134 valence electrons. The molecule has 3 aromatic heterocycles. The molecule has 1 saturated carbocycles. The third kappa shape index (κ3) is 3.21. The molecule has 0 spiro atoms. The summed E-state index contributed by atoms with van der Waals surface area (Å²) < 4.78 is 2.24. The van der Waals surface area contributed by atoms with Crippen LogP contribution in [0.25, 0.3) is 22.3 Å². The van der Waals surface area contributed by atoms with E-state index in [2.05, 4.69) is 45.0 Å². The van der Waals surface area contributed by atoms with Crippen molar-refractivity contribution in [1.82, 2.24) is 19.9 Å². The summed E-state index contributed by atoms with van der Waals surface area (Å²) in [6.07, 6.45) is 5.55. The zero-order valence-electron chi connectivity index (χ0n) is 15.3. The van der Waals surface area contributed by atoms with Crippen molar-refractivity contribution in [2.45, 2.75) is 33.2 Å². The van der Waals surface area contributed by atoms with E-state index < -0.39 is 0 Å². The number of aryl methyl sites for hydroxylation is 2. The number of hydrogen-bond donors (Lipinski definition) is 1. The maximum atomic E-state index is 12.0. The molecule has 5 nitrogen and oxygen atoms in total. The molecule has 2 atom stereocenters. The monoisotopic (exact) mass is 348 g/mol. The molecule has 1 fully saturated rings. The molecule has 1 N–H and O–H groups in total. The van der Waals surface area contributed by atoms with E-state index in [0.29, 0.717) is 12.5 Å². The van der Waals surface area contributed by atoms with Gasteiger partial charge in [-0.3, -0.25) is 9.78 Å². The minimum Gasteiger partial charge on any atom is -0.356 e. The summed E-state index contributed by atoms with van der Waals surface area (Å²) in [7, 11) is 0. The van der Waals surface area contributed by atoms with Crippen molar-refractivity contribution in [3.63, 3.8) is 0 Å². The zero-order chi connectivity index (χ0) is 18.1. The first-order chi connectivity index (χ1) is 12.6. The van der Waals surface area contributed by atoms with Crippen LogP contribution in [0, 0.1) is 18.8 Å². The Hall–Kier alpha value is -2.69. The van der Waals surface area contributed by atoms with Crippen molar-refractivity contribution >= 4 is 16.9 Å². The average molecular weight is 348 g/mol. The van der Waals surface area contributed by atoms with Gasteiger partial charge < -0.3 is 9.88 Å². The van der Waals surface area contributed by atoms with Crippen LogP contribution in [0.4, 0.5) is 0 Å². The number of nitrogens with one attached hydrogen (secondary N) is 1. The highest BCUT2D eigenvalue weighted by Crippen LogP contribution is 2.37. The van der Waals surface area contributed by atoms with Crippen LogP contribution in [-0.4, -0.2) is 27.0 Å². The quantitative estimate of drug-likeness (QED) is 0.693. The van der Waals surface area contributed by atoms with Gasteiger partial charge in [-0.2, -0.15) is 0 Å². The third-order valence-corrected chi connectivity index (χ3v) is 5.24. The van der Waals surface area contributed by atoms with E-state index in [1.807, 2.05) is 31.5 Å². The molecule has 3 heterocycles. The minimum absolute atomic E-state index is 0.205. The molecular formula is C21H24N4O. The van der Waals surface area contributed by atoms with Crippen molar-refractivity contribution in [2.75, 3.05) is 6.54 Å². The van der Waals surface area contributed by atoms with Crippen LogP contribution in [-0.2, 0) is 11.3 Å². The van der Waals surface area contributed by atoms with E-state index >= 15 is 0 Å². The lowest BCUT2D eigenvalue weighted by atomic mass is 10.1. The fourth-order valence-electron chi connectivity index (χ4n) is 3.56. The summed E-state index contributed by atoms with van der Waals surface area (Å²) in [5.74, 6) is 0.988. The van der Waals surface area contributed by atoms with Gasteiger partial charge in [0.2, 0.25) is 5.91 Å². The standard InChI is InChI=1S/C21H24N4O/c1-14-12-18(14)21(26)24-10-5-11-25-19(17-7-4-8-22-15(17)2)13-16-6-3-9-23-20(16)25/h3-4,6-9,13-14,18H,5,10-12H2,1-2H3,(H,24,26)/t14-,18-/m0/s1. The van der Waals surface area contributed by atoms with E-state index in [-0.39, 0.29) is 11.8 Å². The number of hydrogen-bond acceptors (Lipinski definition) is 3. The van der Waals surface area contributed by atoms with Crippen molar-refractivity contribution in [2.24, 2.45) is 11.8 Å². The van der Waals surface area contributed by atoms with Gasteiger partial charge in [-0.15, -0.1) is 0 Å². The molecule has 0 saturated heterocycles. The van der Waals surface area contributed by atoms with Gasteiger partial charge in [-0.25, -0.2) is 4.98 Å². The lowest BCUT2D eigenvalue weighted by molar-refractivity contribution is -0.122. The van der Waals surface area contributed by atoms with Crippen molar-refractivity contribution in [3.8, 4) is 11.3 Å². The van der Waals surface area contributed by atoms with Gasteiger partial charge in [0.05, 0.1) is 5.69 Å². The van der Waals surface area contributed by atoms with Crippen molar-refractivity contribution in [3.05, 3.63) is 48.4 Å². The Kier molecular flexibility index (Phi) is 4.45. The number of rotatable bonds is 6. The Morgan fingerprint density at radius 2 is 2.04 bits per heavy atom. The van der Waals surface area contributed by atoms with Crippen LogP contribution >= 0.6 is 0 Å². The number of aromatic nitrogens is 3. The van der Waals surface area contributed by atoms with E-state index in [0.717, 1.165) is 47.4 Å². The topological polar surface area (TPSA) is 59.8 Å². The van der Waals surface area contributed by atoms with Gasteiger partial charge in [0.25, 0.3) is 0 Å². The molecule has 0 radical (unpaired) electrons. The van der Waals surface area contributed by atoms with Crippen LogP contribution in [0.3, 0.4) is 0 Å². The molecule has 1 aliphatic carbocycles. The fraction of sp³-hybridized carbons (Fsp3) is 0.381. The first kappa shape index (κ1) is 16.8. The lowest BCUT2D eigenvalue weighted by Crippen LogP contribution is -2.27. The predicted octanol–water partition coefficient (Wildman–Crippen LogP) is 3.57. The molecule has 1 aliphatic rings. The highest BCUT2D eigenvalue weighted by Gasteiger charge is 2.38. The number of amides is 1. The number of carbonyl (C=O) groups is 1. The number of fused-ring (bicyclic) bond motifs is 1. The summed E-state index contributed by atoms with van der Waals surface area (Å²) in [4.78, 5) is 21.0. The summed E-state index contributed by atoms with van der Waals surface area (Å²) in [6, 6.07) is 10.3. The zero-order valence-corrected chi connectivity index (χ0v) is 15.3. The van der Waals surface area contributed by atoms with Crippen LogP contribution in [0.1, 0.15) is 25.5 Å². The van der Waals surface area contributed by atoms with E-state index in [9.17, 15) is 4.79 Å². The van der Waals surface area contributed by atoms with Gasteiger partial charge >= 0.3 is 0 Å². The molecule has 0 aromatic carbocycles. The average Bonchev–Trinajstić information content (AvgIpc) is 3.27. The second-order valence-corrected chi connectivity index (χ2v) is 7.20. The second kappa shape index (κ2) is 6.90. The third-order valence-electron chi connectivity index (χ3n) is 5.24. The van der Waals surface area contributed by atoms with Crippen molar-refractivity contribution in [1.29, 1.82) is 0 Å². The number of carbonyl (C=O) groups excluding carboxylic acids is 1. The highest BCUT2D eigenvalue weighted by atomic mass is 16.2. The van der Waals surface area contributed by atoms with Crippen LogP contribution in [0.2, 0.25) is 0 Å². The molecule has 0 aliphatic heterocycles. The van der Waals surface area contributed by atoms with Gasteiger partial charge in [-0.05, 0) is 56.0 Å². The lowest BCUT2D eigenvalue weighted by Gasteiger charge is -2.12. The normalized spacial score (nSPS) is 18.8. The largest absolute Gasteiger partial charge is 0.356 e. The van der Waals surface area contributed by atoms with Crippen LogP contribution in [0.5, 0.6) is 0 Å². The molecule has 5 heteroatoms. The molecule has 3 aromatic rings. The summed E-state index contributed by atoms with van der Waals surface area (Å²) in [6.45, 7) is 5.66. The fourth-order valence-corrected chi connectivity index (χ4v) is 3.56. The highest BCUT2D eigenvalue weighted by molar-refractivity contribution is 5.84. The summed E-state index contributed by atoms with van der Waals surface area (Å²) in [5.41, 5.74) is 4.24. The van der Waals surface area contributed by atoms with Gasteiger partial charge in [0.1, 0.15) is 5.65 Å². The van der Waals surface area contributed by atoms with Crippen LogP contribution in [0.15, 0.2) is 42.7 Å². The molecule has 0 bridgehead atoms. The Labute approximate surface area is 153 Å². The van der Waals surface area contributed by atoms with Gasteiger partial charge in [0.15, 0.2) is 0 Å². The summed E-state index contributed by atoms with van der Waals surface area (Å²) in [5, 5.41) is 4.20. The van der Waals surface area contributed by atoms with Gasteiger partial charge in [-0.1, -0.05) is 6.92 Å². The molecule has 26 heavy (non-hydrogen) atoms. The van der Waals surface area contributed by atoms with Crippen LogP contribution < -0.4 is 5.32 Å². The minimum atomic E-state index is 0.205. The first-order valence-electron chi connectivity index (χ1n) is 9.29. The number of pyridine rings is 2. The van der Waals surface area contributed by atoms with Crippen molar-refractivity contribution < 1.29 is 4.79 Å². The van der Waals surface area contributed by atoms with E-state index in [1.54, 1.807) is 0 Å². The van der Waals surface area contributed by atoms with E-state index in [4.69, 9.17) is 0 Å². The molecule has 4 rings (SSSR count). The maximum Gasteiger partial charge on any atom is 0.223 e. The van der Waals surface area contributed by atoms with Gasteiger partial charge in [0, 0.05) is 48.0 Å². The molecule has 1 amide bonds. The van der Waals surface area contributed by atoms with E-state index in [1.165, 1.54) is 0 Å². The Morgan fingerprint density at radius 3 is 2.81 bits per heavy atom. The maximum absolute atomic E-state index is 12.0. The Bertz CT molecular complexity index is 946. The molecule has 0 unspecified atom stereocenters. The molecular weight excluding hydrogens is 324 g/mol. The summed E-state index contributed by atoms with van der Waals surface area (Å²) >= 11 is 0. The smallest absolute Gasteiger partial charge is 0.223 e. The Morgan fingerprint density at radius 1 is 1.27 bits per heavy atom.